The van der Waals surface area contributed by atoms with Crippen LogP contribution < -0.4 is 10.6 Å². The molecule has 0 saturated heterocycles. The molecular formula is C23H19F3N6O2. The lowest BCUT2D eigenvalue weighted by atomic mass is 10.1. The maximum Gasteiger partial charge on any atom is 0.416 e. The number of rotatable bonds is 5. The zero-order chi connectivity index (χ0) is 24.5. The smallest absolute Gasteiger partial charge is 0.326 e. The predicted molar refractivity (Wildman–Crippen MR) is 118 cm³/mol. The Kier molecular flexibility index (Phi) is 6.01. The molecule has 8 nitrogen and oxygen atoms in total. The van der Waals surface area contributed by atoms with E-state index in [1.165, 1.54) is 30.6 Å². The molecule has 0 bridgehead atoms. The van der Waals surface area contributed by atoms with Gasteiger partial charge in [0.1, 0.15) is 6.33 Å². The van der Waals surface area contributed by atoms with Crippen LogP contribution in [-0.2, 0) is 17.4 Å². The van der Waals surface area contributed by atoms with E-state index in [0.717, 1.165) is 17.8 Å². The second-order valence-electron chi connectivity index (χ2n) is 7.57. The van der Waals surface area contributed by atoms with Gasteiger partial charge in [0, 0.05) is 33.9 Å². The zero-order valence-corrected chi connectivity index (χ0v) is 18.1. The minimum Gasteiger partial charge on any atom is -0.326 e. The largest absolute Gasteiger partial charge is 0.416 e. The van der Waals surface area contributed by atoms with E-state index in [0.29, 0.717) is 22.7 Å². The average molecular weight is 468 g/mol. The molecule has 2 heterocycles. The number of hydrogen-bond acceptors (Lipinski definition) is 5. The molecule has 2 aromatic carbocycles. The molecule has 4 rings (SSSR count). The topological polar surface area (TPSA) is 101 Å². The van der Waals surface area contributed by atoms with Crippen molar-refractivity contribution in [2.45, 2.75) is 26.4 Å². The summed E-state index contributed by atoms with van der Waals surface area (Å²) < 4.78 is 40.3. The van der Waals surface area contributed by atoms with Crippen LogP contribution in [-0.4, -0.2) is 31.4 Å². The van der Waals surface area contributed by atoms with Gasteiger partial charge in [-0.2, -0.15) is 23.3 Å². The number of alkyl halides is 3. The highest BCUT2D eigenvalue weighted by atomic mass is 19.4. The molecule has 2 aromatic heterocycles. The van der Waals surface area contributed by atoms with Crippen LogP contribution >= 0.6 is 0 Å². The van der Waals surface area contributed by atoms with Crippen LogP contribution in [0.15, 0.2) is 54.9 Å². The second-order valence-corrected chi connectivity index (χ2v) is 7.57. The molecule has 174 valence electrons. The number of nitrogens with zero attached hydrogens (tertiary/aromatic N) is 4. The lowest BCUT2D eigenvalue weighted by Crippen LogP contribution is -2.18. The number of halogens is 3. The van der Waals surface area contributed by atoms with Crippen LogP contribution in [0.3, 0.4) is 0 Å². The molecule has 34 heavy (non-hydrogen) atoms. The van der Waals surface area contributed by atoms with Crippen molar-refractivity contribution in [1.29, 1.82) is 0 Å². The van der Waals surface area contributed by atoms with Gasteiger partial charge in [-0.1, -0.05) is 12.1 Å². The van der Waals surface area contributed by atoms with E-state index in [9.17, 15) is 22.8 Å². The Labute approximate surface area is 191 Å². The fourth-order valence-electron chi connectivity index (χ4n) is 3.49. The third-order valence-electron chi connectivity index (χ3n) is 5.18. The summed E-state index contributed by atoms with van der Waals surface area (Å²) in [7, 11) is 0. The van der Waals surface area contributed by atoms with Crippen LogP contribution in [0.4, 0.5) is 24.5 Å². The van der Waals surface area contributed by atoms with Crippen molar-refractivity contribution in [3.8, 4) is 0 Å². The highest BCUT2D eigenvalue weighted by Crippen LogP contribution is 2.30. The Morgan fingerprint density at radius 3 is 2.44 bits per heavy atom. The summed E-state index contributed by atoms with van der Waals surface area (Å²) in [6.07, 6.45) is -3.11. The SMILES string of the molecule is Cc1nc2ncnn2c(C)c1CC(=O)Nc1cccc(C(=O)Nc2cccc(C(F)(F)F)c2)c1. The minimum atomic E-state index is -4.52. The molecule has 0 radical (unpaired) electrons. The van der Waals surface area contributed by atoms with E-state index in [-0.39, 0.29) is 23.6 Å². The average Bonchev–Trinajstić information content (AvgIpc) is 3.25. The molecule has 0 aliphatic rings. The molecular weight excluding hydrogens is 449 g/mol. The van der Waals surface area contributed by atoms with Crippen molar-refractivity contribution < 1.29 is 22.8 Å². The minimum absolute atomic E-state index is 0.0104. The molecule has 2 N–H and O–H groups in total. The summed E-state index contributed by atoms with van der Waals surface area (Å²) in [4.78, 5) is 33.6. The quantitative estimate of drug-likeness (QED) is 0.457. The molecule has 0 unspecified atom stereocenters. The van der Waals surface area contributed by atoms with Crippen LogP contribution in [0, 0.1) is 13.8 Å². The zero-order valence-electron chi connectivity index (χ0n) is 18.1. The van der Waals surface area contributed by atoms with Gasteiger partial charge in [-0.15, -0.1) is 0 Å². The Morgan fingerprint density at radius 2 is 1.71 bits per heavy atom. The molecule has 11 heteroatoms. The van der Waals surface area contributed by atoms with Crippen molar-refractivity contribution in [3.05, 3.63) is 82.9 Å². The maximum absolute atomic E-state index is 12.9. The first-order valence-corrected chi connectivity index (χ1v) is 10.2. The normalized spacial score (nSPS) is 11.4. The first-order chi connectivity index (χ1) is 16.1. The van der Waals surface area contributed by atoms with Gasteiger partial charge in [0.25, 0.3) is 11.7 Å². The predicted octanol–water partition coefficient (Wildman–Crippen LogP) is 4.19. The number of benzene rings is 2. The first-order valence-electron chi connectivity index (χ1n) is 10.2. The van der Waals surface area contributed by atoms with Crippen molar-refractivity contribution in [2.75, 3.05) is 10.6 Å². The number of aromatic nitrogens is 4. The van der Waals surface area contributed by atoms with Crippen molar-refractivity contribution in [1.82, 2.24) is 19.6 Å². The second kappa shape index (κ2) is 8.93. The number of fused-ring (bicyclic) bond motifs is 1. The molecule has 0 fully saturated rings. The van der Waals surface area contributed by atoms with Crippen molar-refractivity contribution in [3.63, 3.8) is 0 Å². The molecule has 0 saturated carbocycles. The number of carbonyl (C=O) groups is 2. The van der Waals surface area contributed by atoms with Crippen molar-refractivity contribution >= 4 is 29.0 Å². The van der Waals surface area contributed by atoms with Gasteiger partial charge in [-0.3, -0.25) is 9.59 Å². The highest BCUT2D eigenvalue weighted by molar-refractivity contribution is 6.05. The summed E-state index contributed by atoms with van der Waals surface area (Å²) in [5, 5.41) is 9.28. The fourth-order valence-corrected chi connectivity index (χ4v) is 3.49. The highest BCUT2D eigenvalue weighted by Gasteiger charge is 2.30. The van der Waals surface area contributed by atoms with Crippen LogP contribution in [0.5, 0.6) is 0 Å². The van der Waals surface area contributed by atoms with Crippen LogP contribution in [0.1, 0.15) is 32.9 Å². The van der Waals surface area contributed by atoms with E-state index in [2.05, 4.69) is 25.7 Å². The Hall–Kier alpha value is -4.28. The Morgan fingerprint density at radius 1 is 1.00 bits per heavy atom. The first kappa shape index (κ1) is 22.9. The third kappa shape index (κ3) is 4.87. The molecule has 2 amide bonds. The number of hydrogen-bond donors (Lipinski definition) is 2. The van der Waals surface area contributed by atoms with Gasteiger partial charge >= 0.3 is 6.18 Å². The molecule has 0 atom stereocenters. The molecule has 0 aliphatic heterocycles. The van der Waals surface area contributed by atoms with Gasteiger partial charge in [-0.25, -0.2) is 9.50 Å². The van der Waals surface area contributed by atoms with E-state index >= 15 is 0 Å². The van der Waals surface area contributed by atoms with Crippen LogP contribution in [0.25, 0.3) is 5.78 Å². The summed E-state index contributed by atoms with van der Waals surface area (Å²) in [5.41, 5.74) is 1.78. The van der Waals surface area contributed by atoms with E-state index in [1.807, 2.05) is 6.92 Å². The summed E-state index contributed by atoms with van der Waals surface area (Å²) >= 11 is 0. The maximum atomic E-state index is 12.9. The number of carbonyl (C=O) groups excluding carboxylic acids is 2. The Balaban J connectivity index is 1.47. The van der Waals surface area contributed by atoms with Gasteiger partial charge in [0.15, 0.2) is 0 Å². The summed E-state index contributed by atoms with van der Waals surface area (Å²) in [6.45, 7) is 3.60. The van der Waals surface area contributed by atoms with Gasteiger partial charge < -0.3 is 10.6 Å². The summed E-state index contributed by atoms with van der Waals surface area (Å²) in [5.74, 6) is -0.496. The summed E-state index contributed by atoms with van der Waals surface area (Å²) in [6, 6.07) is 10.5. The van der Waals surface area contributed by atoms with E-state index < -0.39 is 17.6 Å². The number of amides is 2. The van der Waals surface area contributed by atoms with Gasteiger partial charge in [0.05, 0.1) is 12.0 Å². The number of anilines is 2. The standard InChI is InChI=1S/C23H19F3N6O2/c1-13-19(14(2)32-22(29-13)27-12-28-32)11-20(33)30-17-7-3-5-15(9-17)21(34)31-18-8-4-6-16(10-18)23(24,25)26/h3-10,12H,11H2,1-2H3,(H,30,33)(H,31,34). The monoisotopic (exact) mass is 468 g/mol. The van der Waals surface area contributed by atoms with Gasteiger partial charge in [0.2, 0.25) is 5.91 Å². The lowest BCUT2D eigenvalue weighted by molar-refractivity contribution is -0.137. The van der Waals surface area contributed by atoms with Crippen LogP contribution in [0.2, 0.25) is 0 Å². The molecule has 0 spiro atoms. The van der Waals surface area contributed by atoms with E-state index in [4.69, 9.17) is 0 Å². The number of nitrogens with one attached hydrogen (secondary N) is 2. The molecule has 4 aromatic rings. The fraction of sp³-hybridized carbons (Fsp3) is 0.174. The lowest BCUT2D eigenvalue weighted by Gasteiger charge is -2.12. The third-order valence-corrected chi connectivity index (χ3v) is 5.18. The van der Waals surface area contributed by atoms with Crippen molar-refractivity contribution in [2.24, 2.45) is 0 Å². The number of aryl methyl sites for hydroxylation is 2. The Bertz CT molecular complexity index is 1400. The molecule has 0 aliphatic carbocycles. The van der Waals surface area contributed by atoms with E-state index in [1.54, 1.807) is 23.6 Å². The van der Waals surface area contributed by atoms with Gasteiger partial charge in [-0.05, 0) is 50.2 Å².